The number of aryl methyl sites for hydroxylation is 1. The van der Waals surface area contributed by atoms with Crippen LogP contribution in [0.5, 0.6) is 0 Å². The molecule has 1 aliphatic heterocycles. The van der Waals surface area contributed by atoms with Crippen LogP contribution in [0.2, 0.25) is 0 Å². The van der Waals surface area contributed by atoms with Crippen LogP contribution in [0, 0.1) is 6.92 Å². The van der Waals surface area contributed by atoms with Crippen LogP contribution in [0.25, 0.3) is 0 Å². The molecule has 28 heavy (non-hydrogen) atoms. The minimum Gasteiger partial charge on any atom is -0.450 e. The van der Waals surface area contributed by atoms with Crippen LogP contribution < -0.4 is 15.1 Å². The molecule has 1 aliphatic rings. The van der Waals surface area contributed by atoms with E-state index in [2.05, 4.69) is 37.2 Å². The highest BCUT2D eigenvalue weighted by atomic mass is 16.6. The Labute approximate surface area is 166 Å². The molecule has 3 rings (SSSR count). The number of benzene rings is 1. The second-order valence-electron chi connectivity index (χ2n) is 6.90. The van der Waals surface area contributed by atoms with Crippen LogP contribution in [0.15, 0.2) is 30.3 Å². The van der Waals surface area contributed by atoms with Crippen molar-refractivity contribution in [3.05, 3.63) is 36.2 Å². The van der Waals surface area contributed by atoms with E-state index in [1.54, 1.807) is 4.90 Å². The Morgan fingerprint density at radius 3 is 2.43 bits per heavy atom. The molecular formula is C20H28N6O2. The fraction of sp³-hybridized carbons (Fsp3) is 0.450. The highest BCUT2D eigenvalue weighted by molar-refractivity contribution is 5.68. The summed E-state index contributed by atoms with van der Waals surface area (Å²) in [4.78, 5) is 26.9. The molecule has 1 amide bonds. The Kier molecular flexibility index (Phi) is 6.18. The van der Waals surface area contributed by atoms with Gasteiger partial charge in [-0.05, 0) is 38.1 Å². The SMILES string of the molecule is CCOC(=O)N1CCN(c2cc(Nc3ccc(N(C)C)cc3)nc(C)n2)CC1. The molecule has 1 aromatic carbocycles. The van der Waals surface area contributed by atoms with Crippen molar-refractivity contribution in [1.82, 2.24) is 14.9 Å². The molecule has 2 aromatic rings. The van der Waals surface area contributed by atoms with Crippen LogP contribution >= 0.6 is 0 Å². The Balaban J connectivity index is 1.67. The number of amides is 1. The third kappa shape index (κ3) is 4.82. The van der Waals surface area contributed by atoms with Crippen molar-refractivity contribution in [2.45, 2.75) is 13.8 Å². The molecule has 0 bridgehead atoms. The van der Waals surface area contributed by atoms with Crippen LogP contribution in [0.3, 0.4) is 0 Å². The van der Waals surface area contributed by atoms with Gasteiger partial charge in [0.15, 0.2) is 0 Å². The van der Waals surface area contributed by atoms with E-state index in [1.165, 1.54) is 0 Å². The topological polar surface area (TPSA) is 73.8 Å². The Hall–Kier alpha value is -3.03. The Morgan fingerprint density at radius 2 is 1.82 bits per heavy atom. The number of carbonyl (C=O) groups is 1. The van der Waals surface area contributed by atoms with E-state index in [1.807, 2.05) is 46.1 Å². The Bertz CT molecular complexity index is 801. The van der Waals surface area contributed by atoms with E-state index < -0.39 is 0 Å². The van der Waals surface area contributed by atoms with Crippen molar-refractivity contribution in [3.8, 4) is 0 Å². The standard InChI is InChI=1S/C20H28N6O2/c1-5-28-20(27)26-12-10-25(11-13-26)19-14-18(21-15(2)22-19)23-16-6-8-17(9-7-16)24(3)4/h6-9,14H,5,10-13H2,1-4H3,(H,21,22,23). The molecule has 0 saturated carbocycles. The predicted molar refractivity (Wildman–Crippen MR) is 112 cm³/mol. The largest absolute Gasteiger partial charge is 0.450 e. The second-order valence-corrected chi connectivity index (χ2v) is 6.90. The first-order valence-electron chi connectivity index (χ1n) is 9.53. The van der Waals surface area contributed by atoms with Crippen LogP contribution in [0.4, 0.5) is 27.8 Å². The van der Waals surface area contributed by atoms with Gasteiger partial charge in [0.1, 0.15) is 17.5 Å². The number of carbonyl (C=O) groups excluding carboxylic acids is 1. The maximum atomic E-state index is 11.9. The van der Waals surface area contributed by atoms with Crippen molar-refractivity contribution < 1.29 is 9.53 Å². The van der Waals surface area contributed by atoms with E-state index in [-0.39, 0.29) is 6.09 Å². The number of anilines is 4. The highest BCUT2D eigenvalue weighted by Crippen LogP contribution is 2.22. The zero-order chi connectivity index (χ0) is 20.1. The van der Waals surface area contributed by atoms with Crippen molar-refractivity contribution in [3.63, 3.8) is 0 Å². The fourth-order valence-corrected chi connectivity index (χ4v) is 3.10. The van der Waals surface area contributed by atoms with E-state index in [0.717, 1.165) is 23.0 Å². The minimum absolute atomic E-state index is 0.246. The number of hydrogen-bond donors (Lipinski definition) is 1. The monoisotopic (exact) mass is 384 g/mol. The van der Waals surface area contributed by atoms with Gasteiger partial charge in [0.05, 0.1) is 6.61 Å². The smallest absolute Gasteiger partial charge is 0.409 e. The van der Waals surface area contributed by atoms with Crippen molar-refractivity contribution in [1.29, 1.82) is 0 Å². The second kappa shape index (κ2) is 8.77. The molecule has 1 saturated heterocycles. The van der Waals surface area contributed by atoms with E-state index in [9.17, 15) is 4.79 Å². The number of rotatable bonds is 5. The number of ether oxygens (including phenoxy) is 1. The minimum atomic E-state index is -0.246. The quantitative estimate of drug-likeness (QED) is 0.850. The maximum Gasteiger partial charge on any atom is 0.409 e. The van der Waals surface area contributed by atoms with Crippen LogP contribution in [-0.4, -0.2) is 67.8 Å². The van der Waals surface area contributed by atoms with Gasteiger partial charge >= 0.3 is 6.09 Å². The molecule has 2 heterocycles. The third-order valence-corrected chi connectivity index (χ3v) is 4.61. The van der Waals surface area contributed by atoms with Crippen molar-refractivity contribution in [2.75, 3.05) is 62.0 Å². The van der Waals surface area contributed by atoms with Gasteiger partial charge in [-0.3, -0.25) is 0 Å². The average molecular weight is 384 g/mol. The first-order chi connectivity index (χ1) is 13.5. The highest BCUT2D eigenvalue weighted by Gasteiger charge is 2.23. The Morgan fingerprint density at radius 1 is 1.14 bits per heavy atom. The van der Waals surface area contributed by atoms with E-state index >= 15 is 0 Å². The lowest BCUT2D eigenvalue weighted by Gasteiger charge is -2.34. The summed E-state index contributed by atoms with van der Waals surface area (Å²) in [5.41, 5.74) is 2.12. The summed E-state index contributed by atoms with van der Waals surface area (Å²) in [5.74, 6) is 2.33. The molecule has 0 radical (unpaired) electrons. The molecule has 150 valence electrons. The summed E-state index contributed by atoms with van der Waals surface area (Å²) in [6.07, 6.45) is -0.246. The summed E-state index contributed by atoms with van der Waals surface area (Å²) in [5, 5.41) is 3.35. The van der Waals surface area contributed by atoms with Gasteiger partial charge in [-0.1, -0.05) is 0 Å². The molecule has 1 N–H and O–H groups in total. The first kappa shape index (κ1) is 19.7. The number of piperazine rings is 1. The van der Waals surface area contributed by atoms with Gasteiger partial charge in [0.2, 0.25) is 0 Å². The first-order valence-corrected chi connectivity index (χ1v) is 9.53. The summed E-state index contributed by atoms with van der Waals surface area (Å²) >= 11 is 0. The maximum absolute atomic E-state index is 11.9. The molecular weight excluding hydrogens is 356 g/mol. The van der Waals surface area contributed by atoms with Gasteiger partial charge < -0.3 is 24.8 Å². The van der Waals surface area contributed by atoms with Crippen LogP contribution in [0.1, 0.15) is 12.7 Å². The predicted octanol–water partition coefficient (Wildman–Crippen LogP) is 2.87. The fourth-order valence-electron chi connectivity index (χ4n) is 3.10. The zero-order valence-corrected chi connectivity index (χ0v) is 17.0. The molecule has 8 nitrogen and oxygen atoms in total. The lowest BCUT2D eigenvalue weighted by molar-refractivity contribution is 0.105. The molecule has 0 atom stereocenters. The molecule has 0 unspecified atom stereocenters. The lowest BCUT2D eigenvalue weighted by atomic mass is 10.2. The van der Waals surface area contributed by atoms with E-state index in [4.69, 9.17) is 4.74 Å². The van der Waals surface area contributed by atoms with E-state index in [0.29, 0.717) is 38.6 Å². The summed E-state index contributed by atoms with van der Waals surface area (Å²) in [6, 6.07) is 10.1. The van der Waals surface area contributed by atoms with Crippen molar-refractivity contribution >= 4 is 29.1 Å². The molecule has 0 aliphatic carbocycles. The van der Waals surface area contributed by atoms with Gasteiger partial charge in [-0.25, -0.2) is 14.8 Å². The number of nitrogens with zero attached hydrogens (tertiary/aromatic N) is 5. The molecule has 8 heteroatoms. The van der Waals surface area contributed by atoms with Gasteiger partial charge in [-0.2, -0.15) is 0 Å². The van der Waals surface area contributed by atoms with Crippen molar-refractivity contribution in [2.24, 2.45) is 0 Å². The average Bonchev–Trinajstić information content (AvgIpc) is 2.68. The molecule has 0 spiro atoms. The van der Waals surface area contributed by atoms with Crippen LogP contribution in [-0.2, 0) is 4.74 Å². The third-order valence-electron chi connectivity index (χ3n) is 4.61. The van der Waals surface area contributed by atoms with Gasteiger partial charge in [0, 0.05) is 57.7 Å². The molecule has 1 fully saturated rings. The summed E-state index contributed by atoms with van der Waals surface area (Å²) in [7, 11) is 4.04. The summed E-state index contributed by atoms with van der Waals surface area (Å²) in [6.45, 7) is 6.78. The van der Waals surface area contributed by atoms with Gasteiger partial charge in [-0.15, -0.1) is 0 Å². The summed E-state index contributed by atoms with van der Waals surface area (Å²) < 4.78 is 5.08. The normalized spacial score (nSPS) is 14.0. The van der Waals surface area contributed by atoms with Gasteiger partial charge in [0.25, 0.3) is 0 Å². The number of aromatic nitrogens is 2. The molecule has 1 aromatic heterocycles. The number of nitrogens with one attached hydrogen (secondary N) is 1. The zero-order valence-electron chi connectivity index (χ0n) is 17.0. The number of hydrogen-bond acceptors (Lipinski definition) is 7. The lowest BCUT2D eigenvalue weighted by Crippen LogP contribution is -2.49.